The molecule has 0 bridgehead atoms. The van der Waals surface area contributed by atoms with E-state index < -0.39 is 10.0 Å². The van der Waals surface area contributed by atoms with E-state index in [1.54, 1.807) is 12.1 Å². The first-order chi connectivity index (χ1) is 11.3. The van der Waals surface area contributed by atoms with Gasteiger partial charge in [-0.1, -0.05) is 31.2 Å². The van der Waals surface area contributed by atoms with E-state index in [1.807, 2.05) is 18.2 Å². The first-order valence-corrected chi connectivity index (χ1v) is 9.64. The number of furan rings is 1. The lowest BCUT2D eigenvalue weighted by molar-refractivity contribution is 0.0897. The van der Waals surface area contributed by atoms with E-state index in [9.17, 15) is 13.2 Å². The maximum atomic E-state index is 12.4. The van der Waals surface area contributed by atoms with E-state index in [2.05, 4.69) is 23.0 Å². The van der Waals surface area contributed by atoms with E-state index in [1.165, 1.54) is 5.56 Å². The largest absolute Gasteiger partial charge is 0.455 e. The summed E-state index contributed by atoms with van der Waals surface area (Å²) < 4.78 is 30.0. The van der Waals surface area contributed by atoms with Crippen LogP contribution < -0.4 is 10.0 Å². The monoisotopic (exact) mass is 348 g/mol. The van der Waals surface area contributed by atoms with Gasteiger partial charge in [-0.15, -0.1) is 0 Å². The summed E-state index contributed by atoms with van der Waals surface area (Å²) >= 11 is 0. The maximum Gasteiger partial charge on any atom is 0.287 e. The lowest BCUT2D eigenvalue weighted by Crippen LogP contribution is -2.30. The van der Waals surface area contributed by atoms with Gasteiger partial charge >= 0.3 is 0 Å². The third-order valence-corrected chi connectivity index (χ3v) is 4.85. The van der Waals surface area contributed by atoms with Crippen LogP contribution in [0.2, 0.25) is 0 Å². The number of carbonyl (C=O) groups excluding carboxylic acids is 1. The number of nitrogens with one attached hydrogen (secondary N) is 2. The molecule has 0 saturated carbocycles. The number of rotatable bonds is 5. The van der Waals surface area contributed by atoms with Crippen LogP contribution >= 0.6 is 0 Å². The molecule has 3 rings (SSSR count). The van der Waals surface area contributed by atoms with Crippen molar-refractivity contribution in [2.75, 3.05) is 6.26 Å². The molecule has 0 radical (unpaired) electrons. The molecule has 1 amide bonds. The van der Waals surface area contributed by atoms with Crippen LogP contribution in [0.4, 0.5) is 0 Å². The third-order valence-electron chi connectivity index (χ3n) is 4.18. The van der Waals surface area contributed by atoms with Crippen molar-refractivity contribution in [3.8, 4) is 0 Å². The third kappa shape index (κ3) is 3.68. The summed E-state index contributed by atoms with van der Waals surface area (Å²) in [5.74, 6) is 0.587. The van der Waals surface area contributed by atoms with Crippen LogP contribution in [-0.4, -0.2) is 20.6 Å². The van der Waals surface area contributed by atoms with Crippen molar-refractivity contribution in [1.82, 2.24) is 10.0 Å². The average molecular weight is 348 g/mol. The van der Waals surface area contributed by atoms with Crippen LogP contribution in [0.3, 0.4) is 0 Å². The lowest BCUT2D eigenvalue weighted by atomic mass is 10.0. The molecule has 7 heteroatoms. The van der Waals surface area contributed by atoms with Crippen molar-refractivity contribution in [3.63, 3.8) is 0 Å². The first-order valence-electron chi connectivity index (χ1n) is 7.75. The zero-order valence-electron chi connectivity index (χ0n) is 13.6. The number of hydrogen-bond donors (Lipinski definition) is 2. The van der Waals surface area contributed by atoms with Crippen LogP contribution in [0.15, 0.2) is 40.8 Å². The maximum absolute atomic E-state index is 12.4. The molecule has 2 N–H and O–H groups in total. The molecule has 0 fully saturated rings. The Kier molecular flexibility index (Phi) is 4.47. The fourth-order valence-corrected chi connectivity index (χ4v) is 3.43. The molecule has 1 aromatic heterocycles. The second kappa shape index (κ2) is 6.41. The zero-order valence-corrected chi connectivity index (χ0v) is 14.4. The molecule has 0 saturated heterocycles. The number of hydrogen-bond acceptors (Lipinski definition) is 4. The molecule has 0 spiro atoms. The Bertz CT molecular complexity index is 857. The Morgan fingerprint density at radius 3 is 2.75 bits per heavy atom. The molecular weight excluding hydrogens is 328 g/mol. The van der Waals surface area contributed by atoms with E-state index in [4.69, 9.17) is 4.42 Å². The summed E-state index contributed by atoms with van der Waals surface area (Å²) in [6.07, 6.45) is 2.01. The normalized spacial score (nSPS) is 19.9. The summed E-state index contributed by atoms with van der Waals surface area (Å²) in [5, 5.41) is 3.02. The number of amides is 1. The highest BCUT2D eigenvalue weighted by Gasteiger charge is 2.30. The van der Waals surface area contributed by atoms with Crippen molar-refractivity contribution in [3.05, 3.63) is 59.0 Å². The van der Waals surface area contributed by atoms with Crippen LogP contribution in [0, 0.1) is 5.92 Å². The molecule has 128 valence electrons. The first kappa shape index (κ1) is 16.7. The van der Waals surface area contributed by atoms with Crippen molar-refractivity contribution in [2.45, 2.75) is 25.9 Å². The summed E-state index contributed by atoms with van der Waals surface area (Å²) in [7, 11) is -3.30. The minimum absolute atomic E-state index is 0.0226. The minimum atomic E-state index is -3.30. The topological polar surface area (TPSA) is 88.4 Å². The molecule has 6 nitrogen and oxygen atoms in total. The summed E-state index contributed by atoms with van der Waals surface area (Å²) in [4.78, 5) is 12.4. The fourth-order valence-electron chi connectivity index (χ4n) is 3.02. The number of fused-ring (bicyclic) bond motifs is 1. The molecule has 1 heterocycles. The second-order valence-electron chi connectivity index (χ2n) is 6.19. The Morgan fingerprint density at radius 1 is 1.25 bits per heavy atom. The van der Waals surface area contributed by atoms with Crippen molar-refractivity contribution < 1.29 is 17.6 Å². The average Bonchev–Trinajstić information content (AvgIpc) is 3.10. The van der Waals surface area contributed by atoms with Gasteiger partial charge in [-0.05, 0) is 35.6 Å². The van der Waals surface area contributed by atoms with Gasteiger partial charge in [0, 0.05) is 0 Å². The van der Waals surface area contributed by atoms with Crippen LogP contribution in [0.1, 0.15) is 40.4 Å². The molecule has 24 heavy (non-hydrogen) atoms. The highest BCUT2D eigenvalue weighted by atomic mass is 32.2. The quantitative estimate of drug-likeness (QED) is 0.865. The van der Waals surface area contributed by atoms with Crippen molar-refractivity contribution >= 4 is 15.9 Å². The van der Waals surface area contributed by atoms with Crippen LogP contribution in [0.5, 0.6) is 0 Å². The van der Waals surface area contributed by atoms with Gasteiger partial charge in [0.1, 0.15) is 5.76 Å². The van der Waals surface area contributed by atoms with Gasteiger partial charge in [-0.2, -0.15) is 0 Å². The molecule has 0 aliphatic heterocycles. The summed E-state index contributed by atoms with van der Waals surface area (Å²) in [6, 6.07) is 11.2. The van der Waals surface area contributed by atoms with Crippen molar-refractivity contribution in [1.29, 1.82) is 0 Å². The molecule has 1 aliphatic carbocycles. The van der Waals surface area contributed by atoms with Crippen LogP contribution in [-0.2, 0) is 23.0 Å². The smallest absolute Gasteiger partial charge is 0.287 e. The van der Waals surface area contributed by atoms with Crippen molar-refractivity contribution in [2.24, 2.45) is 5.92 Å². The van der Waals surface area contributed by atoms with Gasteiger partial charge < -0.3 is 9.73 Å². The number of benzene rings is 1. The molecule has 0 unspecified atom stereocenters. The van der Waals surface area contributed by atoms with E-state index in [0.29, 0.717) is 11.7 Å². The zero-order chi connectivity index (χ0) is 17.3. The van der Waals surface area contributed by atoms with E-state index in [-0.39, 0.29) is 24.3 Å². The Hall–Kier alpha value is -2.12. The number of sulfonamides is 1. The summed E-state index contributed by atoms with van der Waals surface area (Å²) in [5.41, 5.74) is 2.40. The summed E-state index contributed by atoms with van der Waals surface area (Å²) in [6.45, 7) is 2.13. The standard InChI is InChI=1S/C17H20N2O4S/c1-11-9-12-5-3-4-6-14(12)16(11)19-17(20)15-8-7-13(23-15)10-18-24(2,21)22/h3-8,11,16,18H,9-10H2,1-2H3,(H,19,20)/t11-,16+/m1/s1. The Balaban J connectivity index is 1.69. The van der Waals surface area contributed by atoms with E-state index >= 15 is 0 Å². The predicted octanol–water partition coefficient (Wildman–Crippen LogP) is 1.99. The highest BCUT2D eigenvalue weighted by molar-refractivity contribution is 7.88. The molecule has 1 aliphatic rings. The lowest BCUT2D eigenvalue weighted by Gasteiger charge is -2.18. The fraction of sp³-hybridized carbons (Fsp3) is 0.353. The molecule has 2 atom stereocenters. The van der Waals surface area contributed by atoms with Gasteiger partial charge in [0.25, 0.3) is 5.91 Å². The Morgan fingerprint density at radius 2 is 2.00 bits per heavy atom. The van der Waals surface area contributed by atoms with Crippen LogP contribution in [0.25, 0.3) is 0 Å². The van der Waals surface area contributed by atoms with Gasteiger partial charge in [0.2, 0.25) is 10.0 Å². The predicted molar refractivity (Wildman–Crippen MR) is 89.9 cm³/mol. The Labute approximate surface area is 141 Å². The van der Waals surface area contributed by atoms with Gasteiger partial charge in [-0.25, -0.2) is 13.1 Å². The highest BCUT2D eigenvalue weighted by Crippen LogP contribution is 2.35. The van der Waals surface area contributed by atoms with Gasteiger partial charge in [0.05, 0.1) is 18.8 Å². The molecule has 2 aromatic rings. The molecular formula is C17H20N2O4S. The number of carbonyl (C=O) groups is 1. The minimum Gasteiger partial charge on any atom is -0.455 e. The second-order valence-corrected chi connectivity index (χ2v) is 8.02. The molecule has 1 aromatic carbocycles. The van der Waals surface area contributed by atoms with E-state index in [0.717, 1.165) is 18.2 Å². The van der Waals surface area contributed by atoms with Gasteiger partial charge in [0.15, 0.2) is 5.76 Å². The van der Waals surface area contributed by atoms with Gasteiger partial charge in [-0.3, -0.25) is 4.79 Å². The SMILES string of the molecule is C[C@@H]1Cc2ccccc2[C@H]1NC(=O)c1ccc(CNS(C)(=O)=O)o1.